The predicted molar refractivity (Wildman–Crippen MR) is 150 cm³/mol. The number of benzene rings is 3. The number of rotatable bonds is 8. The second-order valence-electron chi connectivity index (χ2n) is 9.13. The summed E-state index contributed by atoms with van der Waals surface area (Å²) in [5.41, 5.74) is 6.48. The Balaban J connectivity index is 1.25. The van der Waals surface area contributed by atoms with Crippen LogP contribution in [0.5, 0.6) is 5.75 Å². The molecule has 0 fully saturated rings. The number of hydrogen-bond donors (Lipinski definition) is 0. The molecule has 0 aliphatic heterocycles. The minimum absolute atomic E-state index is 0.344. The Morgan fingerprint density at radius 2 is 1.76 bits per heavy atom. The molecule has 3 aromatic heterocycles. The van der Waals surface area contributed by atoms with E-state index < -0.39 is 0 Å². The molecule has 0 saturated carbocycles. The molecule has 0 radical (unpaired) electrons. The van der Waals surface area contributed by atoms with Crippen LogP contribution >= 0.6 is 15.9 Å². The zero-order valence-electron chi connectivity index (χ0n) is 20.5. The highest BCUT2D eigenvalue weighted by molar-refractivity contribution is 9.10. The zero-order chi connectivity index (χ0) is 25.2. The van der Waals surface area contributed by atoms with Gasteiger partial charge in [-0.1, -0.05) is 51.5 Å². The minimum Gasteiger partial charge on any atom is -0.487 e. The number of hydrogen-bond acceptors (Lipinski definition) is 4. The fourth-order valence-corrected chi connectivity index (χ4v) is 5.11. The van der Waals surface area contributed by atoms with Gasteiger partial charge < -0.3 is 9.30 Å². The van der Waals surface area contributed by atoms with Crippen molar-refractivity contribution in [3.63, 3.8) is 0 Å². The van der Waals surface area contributed by atoms with Gasteiger partial charge in [0.1, 0.15) is 18.1 Å². The number of ether oxygens (including phenoxy) is 1. The van der Waals surface area contributed by atoms with E-state index in [9.17, 15) is 0 Å². The summed E-state index contributed by atoms with van der Waals surface area (Å²) in [6, 6.07) is 27.0. The van der Waals surface area contributed by atoms with E-state index in [1.165, 1.54) is 21.9 Å². The van der Waals surface area contributed by atoms with Gasteiger partial charge in [0, 0.05) is 34.1 Å². The van der Waals surface area contributed by atoms with Gasteiger partial charge in [0.15, 0.2) is 0 Å². The normalized spacial score (nSPS) is 11.4. The van der Waals surface area contributed by atoms with Gasteiger partial charge in [-0.15, -0.1) is 5.10 Å². The lowest BCUT2D eigenvalue weighted by atomic mass is 10.1. The van der Waals surface area contributed by atoms with Crippen LogP contribution in [-0.4, -0.2) is 24.5 Å². The largest absolute Gasteiger partial charge is 0.487 e. The lowest BCUT2D eigenvalue weighted by molar-refractivity contribution is 0.301. The molecule has 0 aliphatic carbocycles. The third-order valence-corrected chi connectivity index (χ3v) is 7.16. The molecular weight excluding hydrogens is 526 g/mol. The van der Waals surface area contributed by atoms with E-state index in [-0.39, 0.29) is 0 Å². The Morgan fingerprint density at radius 1 is 0.919 bits per heavy atom. The summed E-state index contributed by atoms with van der Waals surface area (Å²) in [5.74, 6) is 0.809. The summed E-state index contributed by atoms with van der Waals surface area (Å²) >= 11 is 3.46. The van der Waals surface area contributed by atoms with Gasteiger partial charge in [0.2, 0.25) is 0 Å². The third kappa shape index (κ3) is 4.87. The maximum absolute atomic E-state index is 6.17. The van der Waals surface area contributed by atoms with E-state index in [0.717, 1.165) is 52.2 Å². The van der Waals surface area contributed by atoms with Crippen molar-refractivity contribution in [2.24, 2.45) is 0 Å². The van der Waals surface area contributed by atoms with Crippen molar-refractivity contribution in [1.82, 2.24) is 24.5 Å². The molecule has 6 nitrogen and oxygen atoms in total. The molecule has 0 atom stereocenters. The molecule has 37 heavy (non-hydrogen) atoms. The van der Waals surface area contributed by atoms with Gasteiger partial charge in [-0.25, -0.2) is 4.68 Å². The van der Waals surface area contributed by atoms with Crippen LogP contribution in [0.25, 0.3) is 27.5 Å². The van der Waals surface area contributed by atoms with E-state index in [0.29, 0.717) is 6.61 Å². The Bertz CT molecular complexity index is 1670. The first-order valence-electron chi connectivity index (χ1n) is 12.4. The molecular formula is C30H26BrN5O. The van der Waals surface area contributed by atoms with Crippen LogP contribution in [0.15, 0.2) is 95.7 Å². The average molecular weight is 552 g/mol. The first kappa shape index (κ1) is 23.4. The summed E-state index contributed by atoms with van der Waals surface area (Å²) in [6.45, 7) is 3.34. The number of aryl methyl sites for hydroxylation is 3. The van der Waals surface area contributed by atoms with Crippen molar-refractivity contribution in [1.29, 1.82) is 0 Å². The van der Waals surface area contributed by atoms with E-state index in [1.807, 2.05) is 42.7 Å². The van der Waals surface area contributed by atoms with Crippen LogP contribution < -0.4 is 4.74 Å². The first-order chi connectivity index (χ1) is 18.2. The molecule has 7 heteroatoms. The molecule has 6 rings (SSSR count). The van der Waals surface area contributed by atoms with Crippen LogP contribution in [0.3, 0.4) is 0 Å². The van der Waals surface area contributed by atoms with Gasteiger partial charge in [-0.05, 0) is 67.8 Å². The Kier molecular flexibility index (Phi) is 6.45. The average Bonchev–Trinajstić information content (AvgIpc) is 3.52. The smallest absolute Gasteiger partial charge is 0.134 e. The zero-order valence-corrected chi connectivity index (χ0v) is 22.1. The number of aromatic nitrogens is 5. The van der Waals surface area contributed by atoms with E-state index in [2.05, 4.69) is 91.2 Å². The van der Waals surface area contributed by atoms with Gasteiger partial charge >= 0.3 is 0 Å². The summed E-state index contributed by atoms with van der Waals surface area (Å²) in [4.78, 5) is 4.59. The van der Waals surface area contributed by atoms with E-state index >= 15 is 0 Å². The van der Waals surface area contributed by atoms with Gasteiger partial charge in [0.25, 0.3) is 0 Å². The van der Waals surface area contributed by atoms with Crippen molar-refractivity contribution >= 4 is 37.7 Å². The SMILES string of the molecule is Cc1nccc2c3ccc(OCc4cn(-c5ccc(Br)cc5)nn4)cc3n(CCCc3ccccc3)c12. The number of halogens is 1. The lowest BCUT2D eigenvalue weighted by Crippen LogP contribution is -2.02. The van der Waals surface area contributed by atoms with Crippen LogP contribution in [-0.2, 0) is 19.6 Å². The number of nitrogens with zero attached hydrogens (tertiary/aromatic N) is 5. The van der Waals surface area contributed by atoms with Crippen LogP contribution in [0, 0.1) is 6.92 Å². The number of fused-ring (bicyclic) bond motifs is 3. The second kappa shape index (κ2) is 10.2. The van der Waals surface area contributed by atoms with Crippen molar-refractivity contribution in [2.75, 3.05) is 0 Å². The van der Waals surface area contributed by atoms with Crippen LogP contribution in [0.2, 0.25) is 0 Å². The van der Waals surface area contributed by atoms with Gasteiger partial charge in [-0.2, -0.15) is 0 Å². The number of pyridine rings is 1. The maximum Gasteiger partial charge on any atom is 0.134 e. The molecule has 0 spiro atoms. The molecule has 0 aliphatic rings. The summed E-state index contributed by atoms with van der Waals surface area (Å²) in [6.07, 6.45) is 5.87. The molecule has 0 bridgehead atoms. The lowest BCUT2D eigenvalue weighted by Gasteiger charge is -2.10. The highest BCUT2D eigenvalue weighted by atomic mass is 79.9. The standard InChI is InChI=1S/C30H26BrN5O/c1-21-30-28(15-16-32-21)27-14-13-26(18-29(27)35(30)17-5-8-22-6-3-2-4-7-22)37-20-24-19-36(34-33-24)25-11-9-23(31)10-12-25/h2-4,6-7,9-16,18-19H,5,8,17,20H2,1H3. The molecule has 3 heterocycles. The molecule has 0 N–H and O–H groups in total. The summed E-state index contributed by atoms with van der Waals surface area (Å²) < 4.78 is 11.4. The second-order valence-corrected chi connectivity index (χ2v) is 10.0. The van der Waals surface area contributed by atoms with Crippen molar-refractivity contribution in [3.8, 4) is 11.4 Å². The van der Waals surface area contributed by atoms with Gasteiger partial charge in [-0.3, -0.25) is 4.98 Å². The monoisotopic (exact) mass is 551 g/mol. The summed E-state index contributed by atoms with van der Waals surface area (Å²) in [7, 11) is 0. The third-order valence-electron chi connectivity index (χ3n) is 6.64. The maximum atomic E-state index is 6.17. The predicted octanol–water partition coefficient (Wildman–Crippen LogP) is 7.05. The van der Waals surface area contributed by atoms with E-state index in [4.69, 9.17) is 4.74 Å². The molecule has 3 aromatic carbocycles. The topological polar surface area (TPSA) is 57.8 Å². The fraction of sp³-hybridized carbons (Fsp3) is 0.167. The molecule has 0 unspecified atom stereocenters. The van der Waals surface area contributed by atoms with Crippen LogP contribution in [0.1, 0.15) is 23.4 Å². The van der Waals surface area contributed by atoms with Crippen molar-refractivity contribution in [2.45, 2.75) is 32.9 Å². The highest BCUT2D eigenvalue weighted by Crippen LogP contribution is 2.33. The summed E-state index contributed by atoms with van der Waals surface area (Å²) in [5, 5.41) is 11.0. The Hall–Kier alpha value is -3.97. The quantitative estimate of drug-likeness (QED) is 0.203. The Morgan fingerprint density at radius 3 is 2.59 bits per heavy atom. The van der Waals surface area contributed by atoms with Crippen molar-refractivity contribution in [3.05, 3.63) is 113 Å². The first-order valence-corrected chi connectivity index (χ1v) is 13.2. The van der Waals surface area contributed by atoms with Crippen molar-refractivity contribution < 1.29 is 4.74 Å². The van der Waals surface area contributed by atoms with Gasteiger partial charge in [0.05, 0.1) is 28.6 Å². The molecule has 184 valence electrons. The molecule has 0 saturated heterocycles. The Labute approximate surface area is 223 Å². The highest BCUT2D eigenvalue weighted by Gasteiger charge is 2.14. The minimum atomic E-state index is 0.344. The fourth-order valence-electron chi connectivity index (χ4n) is 4.85. The molecule has 0 amide bonds. The van der Waals surface area contributed by atoms with Crippen LogP contribution in [0.4, 0.5) is 0 Å². The van der Waals surface area contributed by atoms with E-state index in [1.54, 1.807) is 4.68 Å². The molecule has 6 aromatic rings.